The predicted octanol–water partition coefficient (Wildman–Crippen LogP) is 2.19. The maximum absolute atomic E-state index is 11.9. The van der Waals surface area contributed by atoms with E-state index in [1.807, 2.05) is 40.4 Å². The summed E-state index contributed by atoms with van der Waals surface area (Å²) in [5.41, 5.74) is 0.886. The van der Waals surface area contributed by atoms with Crippen LogP contribution < -0.4 is 5.76 Å². The van der Waals surface area contributed by atoms with Gasteiger partial charge in [-0.1, -0.05) is 17.3 Å². The van der Waals surface area contributed by atoms with Gasteiger partial charge in [0.15, 0.2) is 5.82 Å². The van der Waals surface area contributed by atoms with Crippen LogP contribution in [0.1, 0.15) is 5.56 Å². The molecule has 4 aromatic heterocycles. The highest BCUT2D eigenvalue weighted by Gasteiger charge is 2.14. The fourth-order valence-electron chi connectivity index (χ4n) is 2.23. The van der Waals surface area contributed by atoms with Gasteiger partial charge in [0.25, 0.3) is 0 Å². The first-order valence-corrected chi connectivity index (χ1v) is 7.73. The summed E-state index contributed by atoms with van der Waals surface area (Å²) in [6, 6.07) is 7.60. The van der Waals surface area contributed by atoms with Crippen molar-refractivity contribution in [2.45, 2.75) is 6.54 Å². The Morgan fingerprint density at radius 1 is 1.26 bits per heavy atom. The molecular weight excluding hydrogens is 314 g/mol. The molecule has 7 nitrogen and oxygen atoms in total. The minimum Gasteiger partial charge on any atom is -0.295 e. The van der Waals surface area contributed by atoms with Gasteiger partial charge in [0.1, 0.15) is 12.1 Å². The molecule has 0 aliphatic heterocycles. The standard InChI is InChI=1S/C15H11N5O2S/c21-15-20(14(18-22-15)12-2-1-7-23-12)9-11-3-4-13(17-8-11)19-6-5-16-10-19/h1-8,10H,9H2. The third-order valence-electron chi connectivity index (χ3n) is 3.35. The molecule has 0 saturated carbocycles. The maximum Gasteiger partial charge on any atom is 0.442 e. The fourth-order valence-corrected chi connectivity index (χ4v) is 2.94. The van der Waals surface area contributed by atoms with Crippen molar-refractivity contribution < 1.29 is 4.52 Å². The highest BCUT2D eigenvalue weighted by atomic mass is 32.1. The lowest BCUT2D eigenvalue weighted by molar-refractivity contribution is 0.378. The van der Waals surface area contributed by atoms with E-state index in [0.29, 0.717) is 12.4 Å². The molecular formula is C15H11N5O2S. The van der Waals surface area contributed by atoms with Crippen LogP contribution in [-0.2, 0) is 6.54 Å². The number of pyridine rings is 1. The van der Waals surface area contributed by atoms with Crippen molar-refractivity contribution in [2.75, 3.05) is 0 Å². The van der Waals surface area contributed by atoms with E-state index in [-0.39, 0.29) is 0 Å². The van der Waals surface area contributed by atoms with E-state index in [1.54, 1.807) is 18.7 Å². The van der Waals surface area contributed by atoms with E-state index in [2.05, 4.69) is 15.1 Å². The number of thiophene rings is 1. The van der Waals surface area contributed by atoms with Gasteiger partial charge in [-0.25, -0.2) is 14.8 Å². The van der Waals surface area contributed by atoms with Crippen LogP contribution in [0.5, 0.6) is 0 Å². The number of nitrogens with zero attached hydrogens (tertiary/aromatic N) is 5. The number of hydrogen-bond donors (Lipinski definition) is 0. The molecule has 0 unspecified atom stereocenters. The maximum atomic E-state index is 11.9. The van der Waals surface area contributed by atoms with Gasteiger partial charge >= 0.3 is 5.76 Å². The average molecular weight is 325 g/mol. The lowest BCUT2D eigenvalue weighted by Crippen LogP contribution is -2.16. The van der Waals surface area contributed by atoms with Crippen LogP contribution in [-0.4, -0.2) is 24.3 Å². The number of rotatable bonds is 4. The summed E-state index contributed by atoms with van der Waals surface area (Å²) in [4.78, 5) is 21.2. The van der Waals surface area contributed by atoms with E-state index in [0.717, 1.165) is 16.3 Å². The molecule has 0 saturated heterocycles. The highest BCUT2D eigenvalue weighted by molar-refractivity contribution is 7.13. The van der Waals surface area contributed by atoms with Gasteiger partial charge in [-0.3, -0.25) is 13.7 Å². The topological polar surface area (TPSA) is 78.7 Å². The van der Waals surface area contributed by atoms with E-state index < -0.39 is 5.76 Å². The molecule has 4 heterocycles. The van der Waals surface area contributed by atoms with Crippen LogP contribution in [0.4, 0.5) is 0 Å². The van der Waals surface area contributed by atoms with Crippen LogP contribution in [0, 0.1) is 0 Å². The van der Waals surface area contributed by atoms with Crippen LogP contribution in [0.2, 0.25) is 0 Å². The smallest absolute Gasteiger partial charge is 0.295 e. The lowest BCUT2D eigenvalue weighted by Gasteiger charge is -2.05. The van der Waals surface area contributed by atoms with Crippen molar-refractivity contribution in [2.24, 2.45) is 0 Å². The summed E-state index contributed by atoms with van der Waals surface area (Å²) in [5.74, 6) is 0.818. The molecule has 0 fully saturated rings. The monoisotopic (exact) mass is 325 g/mol. The molecule has 4 aromatic rings. The van der Waals surface area contributed by atoms with Gasteiger partial charge in [0.05, 0.1) is 11.4 Å². The first kappa shape index (κ1) is 13.6. The highest BCUT2D eigenvalue weighted by Crippen LogP contribution is 2.22. The Morgan fingerprint density at radius 3 is 2.91 bits per heavy atom. The molecule has 4 rings (SSSR count). The first-order chi connectivity index (χ1) is 11.3. The largest absolute Gasteiger partial charge is 0.442 e. The predicted molar refractivity (Wildman–Crippen MR) is 84.5 cm³/mol. The zero-order valence-electron chi connectivity index (χ0n) is 11.9. The normalized spacial score (nSPS) is 11.0. The SMILES string of the molecule is O=c1onc(-c2cccs2)n1Cc1ccc(-n2ccnc2)nc1. The molecule has 0 radical (unpaired) electrons. The molecule has 0 bridgehead atoms. The minimum absolute atomic E-state index is 0.354. The molecule has 8 heteroatoms. The van der Waals surface area contributed by atoms with Crippen LogP contribution in [0.25, 0.3) is 16.5 Å². The Morgan fingerprint density at radius 2 is 2.22 bits per heavy atom. The van der Waals surface area contributed by atoms with E-state index in [1.165, 1.54) is 15.9 Å². The molecule has 0 aliphatic carbocycles. The van der Waals surface area contributed by atoms with Gasteiger partial charge in [-0.05, 0) is 23.1 Å². The third-order valence-corrected chi connectivity index (χ3v) is 4.21. The number of hydrogen-bond acceptors (Lipinski definition) is 6. The Hall–Kier alpha value is -3.00. The van der Waals surface area contributed by atoms with Crippen molar-refractivity contribution in [3.8, 4) is 16.5 Å². The summed E-state index contributed by atoms with van der Waals surface area (Å²) >= 11 is 1.51. The quantitative estimate of drug-likeness (QED) is 0.575. The minimum atomic E-state index is -0.480. The molecule has 0 N–H and O–H groups in total. The van der Waals surface area contributed by atoms with Crippen molar-refractivity contribution in [1.29, 1.82) is 0 Å². The van der Waals surface area contributed by atoms with Crippen LogP contribution >= 0.6 is 11.3 Å². The Labute approximate surface area is 134 Å². The summed E-state index contributed by atoms with van der Waals surface area (Å²) in [6.45, 7) is 0.354. The molecule has 0 aliphatic rings. The Balaban J connectivity index is 1.64. The van der Waals surface area contributed by atoms with Crippen LogP contribution in [0.3, 0.4) is 0 Å². The second kappa shape index (κ2) is 5.65. The van der Waals surface area contributed by atoms with E-state index in [4.69, 9.17) is 4.52 Å². The number of imidazole rings is 1. The Bertz CT molecular complexity index is 952. The summed E-state index contributed by atoms with van der Waals surface area (Å²) < 4.78 is 8.12. The zero-order chi connectivity index (χ0) is 15.6. The van der Waals surface area contributed by atoms with Gasteiger partial charge in [0, 0.05) is 18.6 Å². The molecule has 0 spiro atoms. The lowest BCUT2D eigenvalue weighted by atomic mass is 10.2. The zero-order valence-corrected chi connectivity index (χ0v) is 12.7. The summed E-state index contributed by atoms with van der Waals surface area (Å²) in [6.07, 6.45) is 6.93. The fraction of sp³-hybridized carbons (Fsp3) is 0.0667. The first-order valence-electron chi connectivity index (χ1n) is 6.85. The third kappa shape index (κ3) is 2.59. The van der Waals surface area contributed by atoms with E-state index >= 15 is 0 Å². The van der Waals surface area contributed by atoms with Crippen molar-refractivity contribution in [3.63, 3.8) is 0 Å². The van der Waals surface area contributed by atoms with Gasteiger partial charge in [-0.2, -0.15) is 0 Å². The van der Waals surface area contributed by atoms with Crippen molar-refractivity contribution in [1.82, 2.24) is 24.3 Å². The van der Waals surface area contributed by atoms with Gasteiger partial charge in [0.2, 0.25) is 0 Å². The van der Waals surface area contributed by atoms with Crippen molar-refractivity contribution in [3.05, 3.63) is 70.7 Å². The molecule has 114 valence electrons. The molecule has 0 aromatic carbocycles. The molecule has 0 atom stereocenters. The molecule has 0 amide bonds. The van der Waals surface area contributed by atoms with Crippen LogP contribution in [0.15, 0.2) is 63.9 Å². The summed E-state index contributed by atoms with van der Waals surface area (Å²) in [7, 11) is 0. The van der Waals surface area contributed by atoms with Gasteiger partial charge < -0.3 is 0 Å². The second-order valence-corrected chi connectivity index (χ2v) is 5.78. The molecule has 23 heavy (non-hydrogen) atoms. The van der Waals surface area contributed by atoms with Gasteiger partial charge in [-0.15, -0.1) is 11.3 Å². The second-order valence-electron chi connectivity index (χ2n) is 4.83. The Kier molecular flexibility index (Phi) is 3.35. The van der Waals surface area contributed by atoms with Crippen molar-refractivity contribution >= 4 is 11.3 Å². The summed E-state index contributed by atoms with van der Waals surface area (Å²) in [5, 5.41) is 5.80. The number of aromatic nitrogens is 5. The average Bonchev–Trinajstić information content (AvgIpc) is 3.31. The van der Waals surface area contributed by atoms with E-state index in [9.17, 15) is 4.79 Å².